The zero-order chi connectivity index (χ0) is 6.41. The molecule has 0 fully saturated rings. The van der Waals surface area contributed by atoms with Gasteiger partial charge in [0.1, 0.15) is 6.61 Å². The molecular formula is C4H10NiO3P+. The SMILES string of the molecule is CCCCO[P+](=O)O.[Ni]. The van der Waals surface area contributed by atoms with E-state index in [9.17, 15) is 4.57 Å². The predicted molar refractivity (Wildman–Crippen MR) is 30.7 cm³/mol. The molecule has 9 heavy (non-hydrogen) atoms. The second-order valence-electron chi connectivity index (χ2n) is 1.42. The first-order chi connectivity index (χ1) is 3.77. The van der Waals surface area contributed by atoms with Crippen LogP contribution in [0.3, 0.4) is 0 Å². The summed E-state index contributed by atoms with van der Waals surface area (Å²) in [4.78, 5) is 8.07. The smallest absolute Gasteiger partial charge is 0.133 e. The van der Waals surface area contributed by atoms with Gasteiger partial charge in [-0.25, -0.2) is 0 Å². The number of rotatable bonds is 4. The summed E-state index contributed by atoms with van der Waals surface area (Å²) in [6, 6.07) is 0. The minimum absolute atomic E-state index is 0. The van der Waals surface area contributed by atoms with Crippen LogP contribution in [0.25, 0.3) is 0 Å². The first-order valence-corrected chi connectivity index (χ1v) is 3.69. The van der Waals surface area contributed by atoms with E-state index < -0.39 is 8.25 Å². The van der Waals surface area contributed by atoms with Crippen LogP contribution in [0.5, 0.6) is 0 Å². The van der Waals surface area contributed by atoms with Gasteiger partial charge in [-0.1, -0.05) is 13.3 Å². The Hall–Kier alpha value is 0.514. The van der Waals surface area contributed by atoms with Gasteiger partial charge in [0.25, 0.3) is 0 Å². The van der Waals surface area contributed by atoms with Crippen LogP contribution >= 0.6 is 8.25 Å². The van der Waals surface area contributed by atoms with E-state index in [1.165, 1.54) is 0 Å². The van der Waals surface area contributed by atoms with Crippen molar-refractivity contribution in [3.63, 3.8) is 0 Å². The Morgan fingerprint density at radius 1 is 1.67 bits per heavy atom. The van der Waals surface area contributed by atoms with Crippen LogP contribution in [-0.4, -0.2) is 11.5 Å². The fourth-order valence-corrected chi connectivity index (χ4v) is 0.572. The van der Waals surface area contributed by atoms with Gasteiger partial charge < -0.3 is 0 Å². The number of hydrogen-bond donors (Lipinski definition) is 1. The van der Waals surface area contributed by atoms with Crippen molar-refractivity contribution in [2.24, 2.45) is 0 Å². The molecular weight excluding hydrogens is 186 g/mol. The quantitative estimate of drug-likeness (QED) is 0.420. The molecule has 0 saturated carbocycles. The molecule has 1 unspecified atom stereocenters. The Morgan fingerprint density at radius 2 is 2.22 bits per heavy atom. The van der Waals surface area contributed by atoms with E-state index in [2.05, 4.69) is 4.52 Å². The molecule has 0 heterocycles. The summed E-state index contributed by atoms with van der Waals surface area (Å²) in [6.07, 6.45) is 1.84. The van der Waals surface area contributed by atoms with Gasteiger partial charge in [-0.2, -0.15) is 0 Å². The van der Waals surface area contributed by atoms with E-state index in [1.807, 2.05) is 6.92 Å². The molecule has 58 valence electrons. The molecule has 1 N–H and O–H groups in total. The molecule has 1 atom stereocenters. The fraction of sp³-hybridized carbons (Fsp3) is 1.00. The predicted octanol–water partition coefficient (Wildman–Crippen LogP) is 1.45. The van der Waals surface area contributed by atoms with E-state index in [0.717, 1.165) is 12.8 Å². The zero-order valence-corrected chi connectivity index (χ0v) is 7.03. The molecule has 0 aliphatic heterocycles. The van der Waals surface area contributed by atoms with E-state index in [-0.39, 0.29) is 16.5 Å². The summed E-state index contributed by atoms with van der Waals surface area (Å²) in [5, 5.41) is 0. The summed E-state index contributed by atoms with van der Waals surface area (Å²) in [7, 11) is -2.36. The molecule has 5 heteroatoms. The molecule has 0 aliphatic rings. The Labute approximate surface area is 65.7 Å². The molecule has 0 bridgehead atoms. The Kier molecular flexibility index (Phi) is 11.6. The molecule has 0 saturated heterocycles. The van der Waals surface area contributed by atoms with Crippen molar-refractivity contribution in [3.05, 3.63) is 0 Å². The normalized spacial score (nSPS) is 10.2. The molecule has 0 spiro atoms. The van der Waals surface area contributed by atoms with E-state index in [1.54, 1.807) is 0 Å². The summed E-state index contributed by atoms with van der Waals surface area (Å²) >= 11 is 0. The zero-order valence-electron chi connectivity index (χ0n) is 5.15. The van der Waals surface area contributed by atoms with Crippen LogP contribution < -0.4 is 0 Å². The Morgan fingerprint density at radius 3 is 2.56 bits per heavy atom. The minimum atomic E-state index is -2.36. The number of hydrogen-bond acceptors (Lipinski definition) is 2. The molecule has 0 amide bonds. The van der Waals surface area contributed by atoms with Gasteiger partial charge in [-0.3, -0.25) is 0 Å². The van der Waals surface area contributed by atoms with Crippen molar-refractivity contribution in [3.8, 4) is 0 Å². The topological polar surface area (TPSA) is 46.5 Å². The first-order valence-electron chi connectivity index (χ1n) is 2.56. The van der Waals surface area contributed by atoms with Gasteiger partial charge in [0, 0.05) is 21.1 Å². The third kappa shape index (κ3) is 11.9. The van der Waals surface area contributed by atoms with Gasteiger partial charge >= 0.3 is 8.25 Å². The average Bonchev–Trinajstić information content (AvgIpc) is 1.66. The molecule has 0 aromatic carbocycles. The Bertz CT molecular complexity index is 78.2. The largest absolute Gasteiger partial charge is 0.694 e. The fourth-order valence-electron chi connectivity index (χ4n) is 0.287. The van der Waals surface area contributed by atoms with Crippen molar-refractivity contribution < 1.29 is 30.5 Å². The van der Waals surface area contributed by atoms with Crippen molar-refractivity contribution in [2.75, 3.05) is 6.61 Å². The van der Waals surface area contributed by atoms with Gasteiger partial charge in [0.05, 0.1) is 0 Å². The second-order valence-corrected chi connectivity index (χ2v) is 2.16. The van der Waals surface area contributed by atoms with Crippen LogP contribution in [0.4, 0.5) is 0 Å². The summed E-state index contributed by atoms with van der Waals surface area (Å²) in [5.41, 5.74) is 0. The molecule has 0 rings (SSSR count). The number of unbranched alkanes of at least 4 members (excludes halogenated alkanes) is 1. The monoisotopic (exact) mass is 195 g/mol. The first kappa shape index (κ1) is 12.2. The van der Waals surface area contributed by atoms with E-state index in [4.69, 9.17) is 4.89 Å². The summed E-state index contributed by atoms with van der Waals surface area (Å²) < 4.78 is 14.1. The molecule has 0 radical (unpaired) electrons. The average molecular weight is 196 g/mol. The van der Waals surface area contributed by atoms with Crippen LogP contribution in [0, 0.1) is 0 Å². The summed E-state index contributed by atoms with van der Waals surface area (Å²) in [6.45, 7) is 2.38. The maximum Gasteiger partial charge on any atom is 0.694 e. The van der Waals surface area contributed by atoms with Crippen LogP contribution in [0.2, 0.25) is 0 Å². The third-order valence-corrected chi connectivity index (χ3v) is 1.10. The Balaban J connectivity index is 0. The van der Waals surface area contributed by atoms with Crippen molar-refractivity contribution in [1.29, 1.82) is 0 Å². The van der Waals surface area contributed by atoms with Crippen molar-refractivity contribution in [2.45, 2.75) is 19.8 Å². The standard InChI is InChI=1S/C4H9O3P.Ni/c1-2-3-4-7-8(5)6;/h2-4H2,1H3;/p+1. The molecule has 3 nitrogen and oxygen atoms in total. The third-order valence-electron chi connectivity index (χ3n) is 0.700. The molecule has 0 aromatic heterocycles. The molecule has 0 aromatic rings. The van der Waals surface area contributed by atoms with Crippen molar-refractivity contribution >= 4 is 8.25 Å². The van der Waals surface area contributed by atoms with E-state index >= 15 is 0 Å². The van der Waals surface area contributed by atoms with Crippen molar-refractivity contribution in [1.82, 2.24) is 0 Å². The summed E-state index contributed by atoms with van der Waals surface area (Å²) in [5.74, 6) is 0. The van der Waals surface area contributed by atoms with Crippen LogP contribution in [0.15, 0.2) is 0 Å². The van der Waals surface area contributed by atoms with Crippen LogP contribution in [-0.2, 0) is 25.6 Å². The van der Waals surface area contributed by atoms with Gasteiger partial charge in [0.15, 0.2) is 0 Å². The van der Waals surface area contributed by atoms with E-state index in [0.29, 0.717) is 6.61 Å². The van der Waals surface area contributed by atoms with Gasteiger partial charge in [0.2, 0.25) is 0 Å². The maximum absolute atomic E-state index is 9.80. The maximum atomic E-state index is 9.80. The molecule has 0 aliphatic carbocycles. The van der Waals surface area contributed by atoms with Gasteiger partial charge in [-0.05, 0) is 6.42 Å². The second kappa shape index (κ2) is 8.51. The van der Waals surface area contributed by atoms with Crippen LogP contribution in [0.1, 0.15) is 19.8 Å². The minimum Gasteiger partial charge on any atom is -0.133 e. The van der Waals surface area contributed by atoms with Gasteiger partial charge in [-0.15, -0.1) is 9.42 Å².